The van der Waals surface area contributed by atoms with E-state index in [1.807, 2.05) is 4.68 Å². The highest BCUT2D eigenvalue weighted by Gasteiger charge is 2.06. The summed E-state index contributed by atoms with van der Waals surface area (Å²) in [4.78, 5) is 10.6. The van der Waals surface area contributed by atoms with Gasteiger partial charge in [-0.05, 0) is 43.7 Å². The van der Waals surface area contributed by atoms with E-state index in [9.17, 15) is 4.79 Å². The predicted octanol–water partition coefficient (Wildman–Crippen LogP) is 2.86. The molecule has 1 aromatic carbocycles. The lowest BCUT2D eigenvalue weighted by Crippen LogP contribution is -2.06. The first-order valence-electron chi connectivity index (χ1n) is 6.50. The summed E-state index contributed by atoms with van der Waals surface area (Å²) in [6.07, 6.45) is 1.75. The molecule has 0 amide bonds. The Balaban J connectivity index is 2.04. The minimum atomic E-state index is 0.487. The van der Waals surface area contributed by atoms with Gasteiger partial charge in [0.05, 0.1) is 11.4 Å². The van der Waals surface area contributed by atoms with E-state index in [1.165, 1.54) is 0 Å². The molecule has 1 aromatic heterocycles. The number of carbonyl (C=O) groups is 1. The third-order valence-electron chi connectivity index (χ3n) is 2.98. The van der Waals surface area contributed by atoms with Gasteiger partial charge < -0.3 is 4.74 Å². The predicted molar refractivity (Wildman–Crippen MR) is 73.4 cm³/mol. The Kier molecular flexibility index (Phi) is 4.34. The molecule has 0 saturated carbocycles. The van der Waals surface area contributed by atoms with Gasteiger partial charge in [-0.15, -0.1) is 0 Å². The van der Waals surface area contributed by atoms with E-state index in [4.69, 9.17) is 4.74 Å². The SMILES string of the molecule is CCc1cc(COc2ccc(C=O)cc2)n(CC)n1. The van der Waals surface area contributed by atoms with Crippen molar-refractivity contribution in [1.82, 2.24) is 9.78 Å². The molecular weight excluding hydrogens is 240 g/mol. The van der Waals surface area contributed by atoms with Crippen LogP contribution in [0, 0.1) is 0 Å². The lowest BCUT2D eigenvalue weighted by Gasteiger charge is -2.07. The number of ether oxygens (including phenoxy) is 1. The maximum Gasteiger partial charge on any atom is 0.150 e. The summed E-state index contributed by atoms with van der Waals surface area (Å²) in [5.41, 5.74) is 2.80. The van der Waals surface area contributed by atoms with Crippen LogP contribution in [0.5, 0.6) is 5.75 Å². The fraction of sp³-hybridized carbons (Fsp3) is 0.333. The van der Waals surface area contributed by atoms with E-state index in [1.54, 1.807) is 24.3 Å². The molecule has 0 aliphatic rings. The summed E-state index contributed by atoms with van der Waals surface area (Å²) in [6, 6.07) is 9.17. The number of nitrogens with zero attached hydrogens (tertiary/aromatic N) is 2. The van der Waals surface area contributed by atoms with Crippen molar-refractivity contribution in [3.8, 4) is 5.75 Å². The zero-order chi connectivity index (χ0) is 13.7. The van der Waals surface area contributed by atoms with E-state index in [0.717, 1.165) is 36.4 Å². The molecule has 0 aliphatic carbocycles. The Morgan fingerprint density at radius 2 is 2.00 bits per heavy atom. The van der Waals surface area contributed by atoms with Crippen LogP contribution in [-0.4, -0.2) is 16.1 Å². The van der Waals surface area contributed by atoms with Crippen molar-refractivity contribution < 1.29 is 9.53 Å². The van der Waals surface area contributed by atoms with Gasteiger partial charge in [0.1, 0.15) is 18.6 Å². The second-order valence-corrected chi connectivity index (χ2v) is 4.27. The summed E-state index contributed by atoms with van der Waals surface area (Å²) < 4.78 is 7.67. The Morgan fingerprint density at radius 3 is 2.58 bits per heavy atom. The molecule has 2 rings (SSSR count). The molecule has 0 N–H and O–H groups in total. The van der Waals surface area contributed by atoms with E-state index >= 15 is 0 Å². The Morgan fingerprint density at radius 1 is 1.26 bits per heavy atom. The first kappa shape index (κ1) is 13.3. The molecule has 0 saturated heterocycles. The van der Waals surface area contributed by atoms with Gasteiger partial charge in [-0.2, -0.15) is 5.10 Å². The number of aryl methyl sites for hydroxylation is 2. The van der Waals surface area contributed by atoms with Gasteiger partial charge in [0, 0.05) is 12.1 Å². The summed E-state index contributed by atoms with van der Waals surface area (Å²) in [7, 11) is 0. The summed E-state index contributed by atoms with van der Waals surface area (Å²) >= 11 is 0. The topological polar surface area (TPSA) is 44.1 Å². The van der Waals surface area contributed by atoms with Crippen molar-refractivity contribution >= 4 is 6.29 Å². The number of hydrogen-bond acceptors (Lipinski definition) is 3. The standard InChI is InChI=1S/C15H18N2O2/c1-3-13-9-14(17(4-2)16-13)11-19-15-7-5-12(10-18)6-8-15/h5-10H,3-4,11H2,1-2H3. The third kappa shape index (κ3) is 3.22. The van der Waals surface area contributed by atoms with Crippen molar-refractivity contribution in [2.75, 3.05) is 0 Å². The monoisotopic (exact) mass is 258 g/mol. The smallest absolute Gasteiger partial charge is 0.150 e. The first-order chi connectivity index (χ1) is 9.26. The zero-order valence-corrected chi connectivity index (χ0v) is 11.3. The highest BCUT2D eigenvalue weighted by Crippen LogP contribution is 2.14. The summed E-state index contributed by atoms with van der Waals surface area (Å²) in [6.45, 7) is 5.48. The molecule has 4 heteroatoms. The molecule has 19 heavy (non-hydrogen) atoms. The van der Waals surface area contributed by atoms with Crippen LogP contribution in [0.1, 0.15) is 35.6 Å². The van der Waals surface area contributed by atoms with E-state index in [2.05, 4.69) is 25.0 Å². The maximum atomic E-state index is 10.6. The van der Waals surface area contributed by atoms with Gasteiger partial charge in [0.15, 0.2) is 0 Å². The van der Waals surface area contributed by atoms with Crippen LogP contribution in [0.4, 0.5) is 0 Å². The van der Waals surface area contributed by atoms with Crippen LogP contribution in [0.15, 0.2) is 30.3 Å². The van der Waals surface area contributed by atoms with Crippen LogP contribution in [0.2, 0.25) is 0 Å². The van der Waals surface area contributed by atoms with E-state index in [0.29, 0.717) is 12.2 Å². The highest BCUT2D eigenvalue weighted by atomic mass is 16.5. The van der Waals surface area contributed by atoms with E-state index in [-0.39, 0.29) is 0 Å². The number of hydrogen-bond donors (Lipinski definition) is 0. The molecule has 0 radical (unpaired) electrons. The highest BCUT2D eigenvalue weighted by molar-refractivity contribution is 5.74. The molecule has 0 fully saturated rings. The maximum absolute atomic E-state index is 10.6. The van der Waals surface area contributed by atoms with Crippen molar-refractivity contribution in [1.29, 1.82) is 0 Å². The van der Waals surface area contributed by atoms with Gasteiger partial charge >= 0.3 is 0 Å². The lowest BCUT2D eigenvalue weighted by atomic mass is 10.2. The molecular formula is C15H18N2O2. The second kappa shape index (κ2) is 6.18. The molecule has 0 spiro atoms. The van der Waals surface area contributed by atoms with Gasteiger partial charge in [0.2, 0.25) is 0 Å². The van der Waals surface area contributed by atoms with Gasteiger partial charge in [-0.1, -0.05) is 6.92 Å². The molecule has 0 atom stereocenters. The molecule has 0 bridgehead atoms. The fourth-order valence-corrected chi connectivity index (χ4v) is 1.88. The summed E-state index contributed by atoms with van der Waals surface area (Å²) in [5, 5.41) is 4.48. The quantitative estimate of drug-likeness (QED) is 0.748. The fourth-order valence-electron chi connectivity index (χ4n) is 1.88. The zero-order valence-electron chi connectivity index (χ0n) is 11.3. The van der Waals surface area contributed by atoms with Gasteiger partial charge in [-0.3, -0.25) is 9.48 Å². The van der Waals surface area contributed by atoms with Gasteiger partial charge in [0.25, 0.3) is 0 Å². The Bertz CT molecular complexity index is 544. The largest absolute Gasteiger partial charge is 0.487 e. The van der Waals surface area contributed by atoms with Gasteiger partial charge in [-0.25, -0.2) is 0 Å². The number of carbonyl (C=O) groups excluding carboxylic acids is 1. The molecule has 2 aromatic rings. The van der Waals surface area contributed by atoms with Crippen molar-refractivity contribution in [3.63, 3.8) is 0 Å². The molecule has 0 aliphatic heterocycles. The van der Waals surface area contributed by atoms with Crippen molar-refractivity contribution in [2.24, 2.45) is 0 Å². The Labute approximate surface area is 113 Å². The lowest BCUT2D eigenvalue weighted by molar-refractivity contribution is 0.112. The van der Waals surface area contributed by atoms with Crippen molar-refractivity contribution in [3.05, 3.63) is 47.3 Å². The van der Waals surface area contributed by atoms with Crippen LogP contribution < -0.4 is 4.74 Å². The van der Waals surface area contributed by atoms with Crippen LogP contribution >= 0.6 is 0 Å². The molecule has 0 unspecified atom stereocenters. The average molecular weight is 258 g/mol. The van der Waals surface area contributed by atoms with E-state index < -0.39 is 0 Å². The Hall–Kier alpha value is -2.10. The number of aromatic nitrogens is 2. The number of rotatable bonds is 6. The minimum absolute atomic E-state index is 0.487. The minimum Gasteiger partial charge on any atom is -0.487 e. The first-order valence-corrected chi connectivity index (χ1v) is 6.50. The molecule has 4 nitrogen and oxygen atoms in total. The number of aldehydes is 1. The van der Waals surface area contributed by atoms with Crippen molar-refractivity contribution in [2.45, 2.75) is 33.4 Å². The third-order valence-corrected chi connectivity index (χ3v) is 2.98. The molecule has 100 valence electrons. The van der Waals surface area contributed by atoms with Crippen LogP contribution in [-0.2, 0) is 19.6 Å². The normalized spacial score (nSPS) is 10.4. The van der Waals surface area contributed by atoms with Crippen LogP contribution in [0.3, 0.4) is 0 Å². The van der Waals surface area contributed by atoms with Crippen LogP contribution in [0.25, 0.3) is 0 Å². The summed E-state index contributed by atoms with van der Waals surface area (Å²) in [5.74, 6) is 0.757. The molecule has 1 heterocycles. The average Bonchev–Trinajstić information content (AvgIpc) is 2.88. The number of benzene rings is 1. The second-order valence-electron chi connectivity index (χ2n) is 4.27.